The number of carbonyl (C=O) groups is 1. The van der Waals surface area contributed by atoms with Crippen LogP contribution in [-0.4, -0.2) is 29.5 Å². The van der Waals surface area contributed by atoms with Gasteiger partial charge in [0, 0.05) is 40.1 Å². The van der Waals surface area contributed by atoms with Gasteiger partial charge in [-0.05, 0) is 43.1 Å². The lowest BCUT2D eigenvalue weighted by molar-refractivity contribution is -0.120. The van der Waals surface area contributed by atoms with E-state index in [0.717, 1.165) is 31.5 Å². The minimum Gasteiger partial charge on any atom is -0.326 e. The van der Waals surface area contributed by atoms with Crippen LogP contribution < -0.4 is 10.6 Å². The minimum atomic E-state index is -0.959. The van der Waals surface area contributed by atoms with Crippen LogP contribution in [0.25, 0.3) is 0 Å². The van der Waals surface area contributed by atoms with Crippen LogP contribution >= 0.6 is 11.6 Å². The molecule has 1 fully saturated rings. The number of piperidine rings is 1. The Morgan fingerprint density at radius 3 is 3.00 bits per heavy atom. The average Bonchev–Trinajstić information content (AvgIpc) is 2.43. The van der Waals surface area contributed by atoms with Crippen LogP contribution in [0.4, 0.5) is 5.69 Å². The van der Waals surface area contributed by atoms with Gasteiger partial charge < -0.3 is 10.6 Å². The van der Waals surface area contributed by atoms with Crippen molar-refractivity contribution in [3.05, 3.63) is 28.8 Å². The Bertz CT molecular complexity index is 516. The summed E-state index contributed by atoms with van der Waals surface area (Å²) in [6.45, 7) is 1.71. The highest BCUT2D eigenvalue weighted by molar-refractivity contribution is 7.83. The minimum absolute atomic E-state index is 0.0168. The molecule has 6 heteroatoms. The van der Waals surface area contributed by atoms with Gasteiger partial charge >= 0.3 is 0 Å². The Kier molecular flexibility index (Phi) is 5.57. The summed E-state index contributed by atoms with van der Waals surface area (Å²) in [7, 11) is -0.959. The Morgan fingerprint density at radius 1 is 1.55 bits per heavy atom. The van der Waals surface area contributed by atoms with Crippen LogP contribution in [0.15, 0.2) is 18.2 Å². The fraction of sp³-hybridized carbons (Fsp3) is 0.500. The first kappa shape index (κ1) is 15.5. The smallest absolute Gasteiger partial charge is 0.228 e. The number of amides is 1. The van der Waals surface area contributed by atoms with Gasteiger partial charge in [0.1, 0.15) is 0 Å². The zero-order valence-electron chi connectivity index (χ0n) is 11.4. The molecule has 1 aromatic rings. The molecule has 2 N–H and O–H groups in total. The first-order valence-electron chi connectivity index (χ1n) is 6.66. The Labute approximate surface area is 126 Å². The number of rotatable bonds is 4. The number of benzene rings is 1. The topological polar surface area (TPSA) is 58.2 Å². The molecular weight excluding hydrogens is 296 g/mol. The Hall–Kier alpha value is -0.910. The molecule has 0 aliphatic carbocycles. The monoisotopic (exact) mass is 314 g/mol. The fourth-order valence-electron chi connectivity index (χ4n) is 2.30. The van der Waals surface area contributed by atoms with Crippen LogP contribution in [0.5, 0.6) is 0 Å². The van der Waals surface area contributed by atoms with Crippen molar-refractivity contribution < 1.29 is 9.00 Å². The Morgan fingerprint density at radius 2 is 2.35 bits per heavy atom. The van der Waals surface area contributed by atoms with Gasteiger partial charge in [-0.15, -0.1) is 0 Å². The van der Waals surface area contributed by atoms with E-state index in [-0.39, 0.29) is 11.8 Å². The third kappa shape index (κ3) is 4.30. The van der Waals surface area contributed by atoms with E-state index in [0.29, 0.717) is 16.5 Å². The zero-order valence-corrected chi connectivity index (χ0v) is 13.0. The molecule has 2 atom stereocenters. The summed E-state index contributed by atoms with van der Waals surface area (Å²) in [5.41, 5.74) is 1.51. The van der Waals surface area contributed by atoms with Crippen molar-refractivity contribution in [2.24, 2.45) is 5.92 Å². The van der Waals surface area contributed by atoms with E-state index in [4.69, 9.17) is 11.6 Å². The summed E-state index contributed by atoms with van der Waals surface area (Å²) in [5, 5.41) is 6.72. The Balaban J connectivity index is 2.05. The molecule has 0 saturated carbocycles. The van der Waals surface area contributed by atoms with Crippen LogP contribution in [0.2, 0.25) is 5.02 Å². The largest absolute Gasteiger partial charge is 0.326 e. The number of hydrogen-bond donors (Lipinski definition) is 2. The number of nitrogens with one attached hydrogen (secondary N) is 2. The highest BCUT2D eigenvalue weighted by atomic mass is 35.5. The maximum atomic E-state index is 12.1. The van der Waals surface area contributed by atoms with Gasteiger partial charge in [-0.2, -0.15) is 0 Å². The highest BCUT2D eigenvalue weighted by Crippen LogP contribution is 2.22. The zero-order chi connectivity index (χ0) is 14.5. The summed E-state index contributed by atoms with van der Waals surface area (Å²) >= 11 is 6.07. The fourth-order valence-corrected chi connectivity index (χ4v) is 3.24. The molecule has 0 spiro atoms. The van der Waals surface area contributed by atoms with E-state index in [9.17, 15) is 9.00 Å². The van der Waals surface area contributed by atoms with Gasteiger partial charge in [-0.25, -0.2) is 0 Å². The molecule has 0 aromatic heterocycles. The van der Waals surface area contributed by atoms with Crippen LogP contribution in [0.1, 0.15) is 18.4 Å². The van der Waals surface area contributed by atoms with Gasteiger partial charge in [0.05, 0.1) is 5.92 Å². The summed E-state index contributed by atoms with van der Waals surface area (Å²) < 4.78 is 11.3. The lowest BCUT2D eigenvalue weighted by atomic mass is 9.99. The van der Waals surface area contributed by atoms with Gasteiger partial charge in [-0.1, -0.05) is 11.6 Å². The maximum absolute atomic E-state index is 12.1. The molecule has 0 bridgehead atoms. The summed E-state index contributed by atoms with van der Waals surface area (Å²) in [6, 6.07) is 5.31. The van der Waals surface area contributed by atoms with E-state index >= 15 is 0 Å². The van der Waals surface area contributed by atoms with Crippen LogP contribution in [0, 0.1) is 5.92 Å². The van der Waals surface area contributed by atoms with Crippen molar-refractivity contribution in [3.63, 3.8) is 0 Å². The molecule has 1 aliphatic heterocycles. The van der Waals surface area contributed by atoms with E-state index in [1.807, 2.05) is 0 Å². The molecule has 2 unspecified atom stereocenters. The molecule has 1 saturated heterocycles. The number of hydrogen-bond acceptors (Lipinski definition) is 3. The maximum Gasteiger partial charge on any atom is 0.228 e. The third-order valence-electron chi connectivity index (χ3n) is 3.34. The van der Waals surface area contributed by atoms with E-state index in [2.05, 4.69) is 10.6 Å². The molecule has 4 nitrogen and oxygen atoms in total. The molecule has 1 aliphatic rings. The summed E-state index contributed by atoms with van der Waals surface area (Å²) in [4.78, 5) is 12.1. The van der Waals surface area contributed by atoms with Crippen LogP contribution in [0.3, 0.4) is 0 Å². The number of carbonyl (C=O) groups excluding carboxylic acids is 1. The highest BCUT2D eigenvalue weighted by Gasteiger charge is 2.21. The molecule has 20 heavy (non-hydrogen) atoms. The predicted molar refractivity (Wildman–Crippen MR) is 83.4 cm³/mol. The van der Waals surface area contributed by atoms with E-state index in [1.54, 1.807) is 24.5 Å². The van der Waals surface area contributed by atoms with Gasteiger partial charge in [-0.3, -0.25) is 9.00 Å². The lowest BCUT2D eigenvalue weighted by Gasteiger charge is -2.22. The van der Waals surface area contributed by atoms with Crippen molar-refractivity contribution in [2.45, 2.75) is 18.6 Å². The average molecular weight is 315 g/mol. The summed E-state index contributed by atoms with van der Waals surface area (Å²) in [6.07, 6.45) is 3.58. The first-order chi connectivity index (χ1) is 9.56. The van der Waals surface area contributed by atoms with Crippen molar-refractivity contribution >= 4 is 34.0 Å². The van der Waals surface area contributed by atoms with E-state index in [1.165, 1.54) is 0 Å². The van der Waals surface area contributed by atoms with E-state index < -0.39 is 10.8 Å². The van der Waals surface area contributed by atoms with Gasteiger partial charge in [0.25, 0.3) is 0 Å². The number of halogens is 1. The van der Waals surface area contributed by atoms with Crippen molar-refractivity contribution in [3.8, 4) is 0 Å². The summed E-state index contributed by atoms with van der Waals surface area (Å²) in [5.74, 6) is 0.444. The molecule has 110 valence electrons. The molecule has 0 radical (unpaired) electrons. The van der Waals surface area contributed by atoms with Crippen molar-refractivity contribution in [1.29, 1.82) is 0 Å². The number of anilines is 1. The van der Waals surface area contributed by atoms with Crippen molar-refractivity contribution in [2.75, 3.05) is 24.7 Å². The third-order valence-corrected chi connectivity index (χ3v) is 4.43. The second-order valence-electron chi connectivity index (χ2n) is 5.06. The van der Waals surface area contributed by atoms with Gasteiger partial charge in [0.15, 0.2) is 0 Å². The van der Waals surface area contributed by atoms with Gasteiger partial charge in [0.2, 0.25) is 5.91 Å². The molecule has 1 heterocycles. The molecule has 1 aromatic carbocycles. The lowest BCUT2D eigenvalue weighted by Crippen LogP contribution is -2.37. The van der Waals surface area contributed by atoms with Crippen molar-refractivity contribution in [1.82, 2.24) is 5.32 Å². The standard InChI is InChI=1S/C14H19ClN2O2S/c1-20(19)9-11-7-12(4-5-13(11)15)17-14(18)10-3-2-6-16-8-10/h4-5,7,10,16H,2-3,6,8-9H2,1H3,(H,17,18). The molecule has 2 rings (SSSR count). The second kappa shape index (κ2) is 7.20. The molecule has 1 amide bonds. The quantitative estimate of drug-likeness (QED) is 0.895. The SMILES string of the molecule is CS(=O)Cc1cc(NC(=O)C2CCCNC2)ccc1Cl. The second-order valence-corrected chi connectivity index (χ2v) is 6.90. The first-order valence-corrected chi connectivity index (χ1v) is 8.77. The normalized spacial score (nSPS) is 20.4. The van der Waals surface area contributed by atoms with Crippen LogP contribution in [-0.2, 0) is 21.3 Å². The predicted octanol–water partition coefficient (Wildman–Crippen LogP) is 2.16. The molecular formula is C14H19ClN2O2S.